The largest absolute Gasteiger partial charge is 0.460 e. The minimum atomic E-state index is -2.28. The summed E-state index contributed by atoms with van der Waals surface area (Å²) in [6.07, 6.45) is 16.5. The molecule has 12 heteroatoms. The van der Waals surface area contributed by atoms with Crippen LogP contribution in [0.5, 0.6) is 0 Å². The van der Waals surface area contributed by atoms with Crippen LogP contribution in [0, 0.1) is 41.4 Å². The van der Waals surface area contributed by atoms with Gasteiger partial charge in [-0.1, -0.05) is 89.5 Å². The van der Waals surface area contributed by atoms with Crippen molar-refractivity contribution in [3.8, 4) is 0 Å². The molecule has 62 heavy (non-hydrogen) atoms. The number of cyclic esters (lactones) is 1. The molecule has 4 aliphatic rings. The summed E-state index contributed by atoms with van der Waals surface area (Å²) in [6, 6.07) is -1.04. The molecule has 0 radical (unpaired) electrons. The standard InChI is InChI=1S/C50H77NO11/c1-11-30(2)17-13-12-14-18-31(3)25-33(5)44(53)46(60-10)45(54)34(6)26-32(4)41(52)29-42-40(28-37-19-15-20-38(27-37)59-9)39-21-16-24-51(43(39)49(57)61-42)48(56)47(55)50(58)35(7)22-23-36(8)62-50/h12-14,17-18,26,31-33,35-40,42-43,45-46,54,58H,11,15-16,19-25,27-29H2,1-10H3/b13-12+,18-14+,30-17+,34-26+/t31-,32-,33?,35?,36-,37?,38?,39-,40?,42+,43?,45?,46+,50?/m1/s1. The molecule has 1 saturated carbocycles. The summed E-state index contributed by atoms with van der Waals surface area (Å²) in [7, 11) is 3.11. The summed E-state index contributed by atoms with van der Waals surface area (Å²) in [5.74, 6) is -7.35. The first-order chi connectivity index (χ1) is 29.4. The van der Waals surface area contributed by atoms with Gasteiger partial charge >= 0.3 is 5.97 Å². The van der Waals surface area contributed by atoms with E-state index in [0.717, 1.165) is 32.1 Å². The minimum absolute atomic E-state index is 0.0737. The summed E-state index contributed by atoms with van der Waals surface area (Å²) in [5, 5.41) is 22.8. The number of nitrogens with zero attached hydrogens (tertiary/aromatic N) is 1. The normalized spacial score (nSPS) is 32.5. The van der Waals surface area contributed by atoms with Crippen LogP contribution in [-0.4, -0.2) is 107 Å². The zero-order valence-electron chi connectivity index (χ0n) is 39.2. The Kier molecular flexibility index (Phi) is 19.5. The van der Waals surface area contributed by atoms with E-state index in [4.69, 9.17) is 18.9 Å². The number of allylic oxidation sites excluding steroid dienone is 7. The van der Waals surface area contributed by atoms with Gasteiger partial charge in [0.25, 0.3) is 11.7 Å². The highest BCUT2D eigenvalue weighted by Gasteiger charge is 2.56. The molecule has 14 atom stereocenters. The summed E-state index contributed by atoms with van der Waals surface area (Å²) in [4.78, 5) is 70.8. The second-order valence-electron chi connectivity index (χ2n) is 19.1. The van der Waals surface area contributed by atoms with Crippen LogP contribution < -0.4 is 0 Å². The van der Waals surface area contributed by atoms with Crippen LogP contribution in [0.3, 0.4) is 0 Å². The van der Waals surface area contributed by atoms with Crippen molar-refractivity contribution in [1.29, 1.82) is 0 Å². The highest BCUT2D eigenvalue weighted by molar-refractivity contribution is 6.39. The zero-order chi connectivity index (χ0) is 45.9. The second kappa shape index (κ2) is 23.6. The number of esters is 1. The van der Waals surface area contributed by atoms with Crippen LogP contribution in [0.15, 0.2) is 47.6 Å². The summed E-state index contributed by atoms with van der Waals surface area (Å²) in [5.41, 5.74) is 1.72. The van der Waals surface area contributed by atoms with Gasteiger partial charge in [-0.15, -0.1) is 0 Å². The molecule has 8 unspecified atom stereocenters. The van der Waals surface area contributed by atoms with Crippen LogP contribution in [-0.2, 0) is 42.9 Å². The first kappa shape index (κ1) is 51.3. The quantitative estimate of drug-likeness (QED) is 0.0541. The Morgan fingerprint density at radius 3 is 2.39 bits per heavy atom. The van der Waals surface area contributed by atoms with E-state index in [9.17, 15) is 34.2 Å². The molecule has 4 fully saturated rings. The Morgan fingerprint density at radius 2 is 1.71 bits per heavy atom. The van der Waals surface area contributed by atoms with E-state index < -0.39 is 65.7 Å². The van der Waals surface area contributed by atoms with Gasteiger partial charge in [0.05, 0.1) is 12.2 Å². The highest BCUT2D eigenvalue weighted by atomic mass is 16.6. The molecule has 0 spiro atoms. The molecule has 2 N–H and O–H groups in total. The van der Waals surface area contributed by atoms with E-state index in [2.05, 4.69) is 26.0 Å². The number of Topliss-reactive ketones (excluding diaryl/α,β-unsaturated/α-hetero) is 3. The number of methoxy groups -OCH3 is 2. The van der Waals surface area contributed by atoms with E-state index in [1.54, 1.807) is 40.9 Å². The van der Waals surface area contributed by atoms with Gasteiger partial charge in [0, 0.05) is 50.9 Å². The Balaban J connectivity index is 1.49. The van der Waals surface area contributed by atoms with Crippen molar-refractivity contribution in [1.82, 2.24) is 4.90 Å². The maximum atomic E-state index is 14.1. The minimum Gasteiger partial charge on any atom is -0.460 e. The molecule has 0 aromatic rings. The van der Waals surface area contributed by atoms with Gasteiger partial charge in [-0.3, -0.25) is 19.2 Å². The first-order valence-corrected chi connectivity index (χ1v) is 23.3. The second-order valence-corrected chi connectivity index (χ2v) is 19.1. The Morgan fingerprint density at radius 1 is 0.984 bits per heavy atom. The van der Waals surface area contributed by atoms with E-state index in [0.29, 0.717) is 44.1 Å². The summed E-state index contributed by atoms with van der Waals surface area (Å²) < 4.78 is 23.2. The number of carbonyl (C=O) groups is 5. The third-order valence-electron chi connectivity index (χ3n) is 14.2. The summed E-state index contributed by atoms with van der Waals surface area (Å²) >= 11 is 0. The number of fused-ring (bicyclic) bond motifs is 1. The van der Waals surface area contributed by atoms with Crippen molar-refractivity contribution in [3.05, 3.63) is 47.6 Å². The van der Waals surface area contributed by atoms with Gasteiger partial charge in [0.15, 0.2) is 5.78 Å². The number of hydrogen-bond donors (Lipinski definition) is 2. The number of hydrogen-bond acceptors (Lipinski definition) is 11. The third-order valence-corrected chi connectivity index (χ3v) is 14.2. The van der Waals surface area contributed by atoms with Crippen LogP contribution in [0.25, 0.3) is 0 Å². The Labute approximate surface area is 370 Å². The van der Waals surface area contributed by atoms with Crippen molar-refractivity contribution < 1.29 is 53.1 Å². The van der Waals surface area contributed by atoms with Gasteiger partial charge in [0.1, 0.15) is 30.1 Å². The molecular weight excluding hydrogens is 791 g/mol. The number of aliphatic hydroxyl groups excluding tert-OH is 1. The molecule has 3 saturated heterocycles. The van der Waals surface area contributed by atoms with Crippen molar-refractivity contribution >= 4 is 29.2 Å². The number of ether oxygens (including phenoxy) is 4. The molecule has 0 bridgehead atoms. The van der Waals surface area contributed by atoms with E-state index >= 15 is 0 Å². The zero-order valence-corrected chi connectivity index (χ0v) is 39.2. The third kappa shape index (κ3) is 12.9. The van der Waals surface area contributed by atoms with Crippen LogP contribution in [0.2, 0.25) is 0 Å². The lowest BCUT2D eigenvalue weighted by Gasteiger charge is -2.50. The number of rotatable bonds is 20. The van der Waals surface area contributed by atoms with E-state index in [1.807, 2.05) is 32.1 Å². The predicted octanol–water partition coefficient (Wildman–Crippen LogP) is 7.44. The number of aliphatic hydroxyl groups is 2. The molecule has 4 rings (SSSR count). The van der Waals surface area contributed by atoms with E-state index in [-0.39, 0.29) is 60.2 Å². The molecule has 0 aromatic heterocycles. The summed E-state index contributed by atoms with van der Waals surface area (Å²) in [6.45, 7) is 15.1. The molecular formula is C50H77NO11. The monoisotopic (exact) mass is 868 g/mol. The van der Waals surface area contributed by atoms with Crippen molar-refractivity contribution in [2.75, 3.05) is 20.8 Å². The van der Waals surface area contributed by atoms with Crippen molar-refractivity contribution in [3.63, 3.8) is 0 Å². The number of likely N-dealkylation sites (tertiary alicyclic amines) is 1. The Hall–Kier alpha value is -3.29. The lowest BCUT2D eigenvalue weighted by Crippen LogP contribution is -2.64. The molecule has 3 heterocycles. The van der Waals surface area contributed by atoms with Gasteiger partial charge in [-0.2, -0.15) is 0 Å². The fourth-order valence-corrected chi connectivity index (χ4v) is 10.2. The van der Waals surface area contributed by atoms with Gasteiger partial charge < -0.3 is 34.1 Å². The number of piperidine rings is 1. The van der Waals surface area contributed by atoms with Gasteiger partial charge in [-0.25, -0.2) is 4.79 Å². The predicted molar refractivity (Wildman–Crippen MR) is 237 cm³/mol. The van der Waals surface area contributed by atoms with Crippen molar-refractivity contribution in [2.24, 2.45) is 41.4 Å². The topological polar surface area (TPSA) is 166 Å². The maximum absolute atomic E-state index is 14.1. The molecule has 348 valence electrons. The average molecular weight is 868 g/mol. The highest BCUT2D eigenvalue weighted by Crippen LogP contribution is 2.45. The van der Waals surface area contributed by atoms with Crippen LogP contribution in [0.4, 0.5) is 0 Å². The SMILES string of the molecule is CC/C(C)=C/C=C/C=C/[C@@H](C)CC(C)C(=O)[C@H](OC)C(O)/C(C)=C/[C@@H](C)C(=O)C[C@@H]1OC(=O)C2[C@H](CCCN2C(=O)C(=O)C2(O)O[C@H](C)CCC2C)C1CC1CCCC(OC)C1. The van der Waals surface area contributed by atoms with Crippen molar-refractivity contribution in [2.45, 2.75) is 175 Å². The average Bonchev–Trinajstić information content (AvgIpc) is 3.25. The fraction of sp³-hybridized carbons (Fsp3) is 0.740. The van der Waals surface area contributed by atoms with Crippen LogP contribution in [0.1, 0.15) is 132 Å². The van der Waals surface area contributed by atoms with E-state index in [1.165, 1.54) is 17.6 Å². The maximum Gasteiger partial charge on any atom is 0.329 e. The number of ketones is 3. The lowest BCUT2D eigenvalue weighted by molar-refractivity contribution is -0.260. The van der Waals surface area contributed by atoms with Gasteiger partial charge in [0.2, 0.25) is 5.79 Å². The molecule has 1 aliphatic carbocycles. The molecule has 3 aliphatic heterocycles. The smallest absolute Gasteiger partial charge is 0.329 e. The lowest BCUT2D eigenvalue weighted by atomic mass is 9.68. The molecule has 0 aromatic carbocycles. The Bertz CT molecular complexity index is 1680. The van der Waals surface area contributed by atoms with Gasteiger partial charge in [-0.05, 0) is 102 Å². The number of carbonyl (C=O) groups excluding carboxylic acids is 5. The molecule has 12 nitrogen and oxygen atoms in total. The fourth-order valence-electron chi connectivity index (χ4n) is 10.2. The number of amides is 1. The first-order valence-electron chi connectivity index (χ1n) is 23.3. The molecule has 1 amide bonds. The van der Waals surface area contributed by atoms with Crippen LogP contribution >= 0.6 is 0 Å².